The van der Waals surface area contributed by atoms with E-state index < -0.39 is 5.97 Å². The van der Waals surface area contributed by atoms with Crippen molar-refractivity contribution in [2.45, 2.75) is 52.0 Å². The Bertz CT molecular complexity index is 906. The summed E-state index contributed by atoms with van der Waals surface area (Å²) in [6, 6.07) is 12.3. The van der Waals surface area contributed by atoms with Crippen molar-refractivity contribution >= 4 is 23.3 Å². The molecular formula is C24H28O3S. The van der Waals surface area contributed by atoms with Gasteiger partial charge in [0.05, 0.1) is 0 Å². The van der Waals surface area contributed by atoms with E-state index in [0.717, 1.165) is 28.0 Å². The number of hydrogen-bond donors (Lipinski definition) is 1. The monoisotopic (exact) mass is 396 g/mol. The van der Waals surface area contributed by atoms with E-state index in [9.17, 15) is 9.90 Å². The molecule has 1 aliphatic heterocycles. The molecule has 2 aromatic rings. The average Bonchev–Trinajstić information content (AvgIpc) is 2.62. The number of ether oxygens (including phenoxy) is 1. The molecule has 2 unspecified atom stereocenters. The van der Waals surface area contributed by atoms with E-state index in [1.807, 2.05) is 45.0 Å². The first-order valence-corrected chi connectivity index (χ1v) is 10.7. The van der Waals surface area contributed by atoms with Crippen LogP contribution in [0.25, 0.3) is 5.57 Å². The summed E-state index contributed by atoms with van der Waals surface area (Å²) in [5, 5.41) is 10.7. The number of rotatable bonds is 5. The van der Waals surface area contributed by atoms with Gasteiger partial charge in [-0.05, 0) is 56.0 Å². The summed E-state index contributed by atoms with van der Waals surface area (Å²) >= 11 is 1.77. The second-order valence-corrected chi connectivity index (χ2v) is 8.86. The van der Waals surface area contributed by atoms with Crippen LogP contribution < -0.4 is 0 Å². The minimum absolute atomic E-state index is 0.137. The molecule has 0 aromatic heterocycles. The van der Waals surface area contributed by atoms with Gasteiger partial charge in [0.2, 0.25) is 0 Å². The Hall–Kier alpha value is -2.20. The Kier molecular flexibility index (Phi) is 6.19. The summed E-state index contributed by atoms with van der Waals surface area (Å²) in [6.07, 6.45) is 0.0578. The predicted molar refractivity (Wildman–Crippen MR) is 116 cm³/mol. The molecule has 3 rings (SSSR count). The van der Waals surface area contributed by atoms with Crippen molar-refractivity contribution in [2.75, 3.05) is 5.75 Å². The van der Waals surface area contributed by atoms with E-state index in [2.05, 4.69) is 26.0 Å². The van der Waals surface area contributed by atoms with Gasteiger partial charge in [0.25, 0.3) is 0 Å². The van der Waals surface area contributed by atoms with Crippen LogP contribution in [0.1, 0.15) is 41.2 Å². The molecular weight excluding hydrogens is 368 g/mol. The lowest BCUT2D eigenvalue weighted by Gasteiger charge is -2.30. The molecule has 1 N–H and O–H groups in total. The van der Waals surface area contributed by atoms with E-state index in [0.29, 0.717) is 12.0 Å². The van der Waals surface area contributed by atoms with Crippen LogP contribution in [0.3, 0.4) is 0 Å². The summed E-state index contributed by atoms with van der Waals surface area (Å²) in [6.45, 7) is 10.1. The number of aliphatic hydroxyl groups excluding tert-OH is 1. The standard InChI is InChI=1S/C24H28O3S/c1-14-10-16(3)22(17(4)11-14)23-19(25)12-20(27-24(23)26)18(5)13-28-21-9-7-6-8-15(21)2/h6-11,18,20,25H,12-13H2,1-5H3. The molecule has 0 bridgehead atoms. The Morgan fingerprint density at radius 2 is 1.75 bits per heavy atom. The van der Waals surface area contributed by atoms with Gasteiger partial charge in [-0.25, -0.2) is 4.79 Å². The lowest BCUT2D eigenvalue weighted by molar-refractivity contribution is -0.145. The first kappa shape index (κ1) is 20.5. The van der Waals surface area contributed by atoms with E-state index in [4.69, 9.17) is 4.74 Å². The van der Waals surface area contributed by atoms with E-state index >= 15 is 0 Å². The van der Waals surface area contributed by atoms with Crippen LogP contribution in [0.2, 0.25) is 0 Å². The zero-order chi connectivity index (χ0) is 20.4. The fraction of sp³-hybridized carbons (Fsp3) is 0.375. The van der Waals surface area contributed by atoms with Crippen molar-refractivity contribution in [1.82, 2.24) is 0 Å². The SMILES string of the molecule is Cc1cc(C)c(C2=C(O)CC(C(C)CSc3ccccc3C)OC2=O)c(C)c1. The van der Waals surface area contributed by atoms with Gasteiger partial charge in [-0.3, -0.25) is 0 Å². The molecule has 2 aromatic carbocycles. The summed E-state index contributed by atoms with van der Waals surface area (Å²) < 4.78 is 5.77. The molecule has 0 spiro atoms. The van der Waals surface area contributed by atoms with Crippen molar-refractivity contribution in [1.29, 1.82) is 0 Å². The fourth-order valence-electron chi connectivity index (χ4n) is 3.83. The number of aryl methyl sites for hydroxylation is 4. The molecule has 2 atom stereocenters. The number of benzene rings is 2. The molecule has 1 aliphatic rings. The van der Waals surface area contributed by atoms with Crippen LogP contribution in [0, 0.1) is 33.6 Å². The molecule has 0 radical (unpaired) electrons. The molecule has 3 nitrogen and oxygen atoms in total. The normalized spacial score (nSPS) is 18.2. The highest BCUT2D eigenvalue weighted by Gasteiger charge is 2.34. The molecule has 0 saturated carbocycles. The van der Waals surface area contributed by atoms with Crippen molar-refractivity contribution in [3.8, 4) is 0 Å². The Morgan fingerprint density at radius 1 is 1.11 bits per heavy atom. The lowest BCUT2D eigenvalue weighted by Crippen LogP contribution is -2.32. The number of esters is 1. The number of cyclic esters (lactones) is 1. The number of thioether (sulfide) groups is 1. The van der Waals surface area contributed by atoms with Gasteiger partial charge in [0.15, 0.2) is 0 Å². The Balaban J connectivity index is 1.77. The molecule has 28 heavy (non-hydrogen) atoms. The van der Waals surface area contributed by atoms with Gasteiger partial charge in [0.1, 0.15) is 17.4 Å². The van der Waals surface area contributed by atoms with Gasteiger partial charge < -0.3 is 9.84 Å². The summed E-state index contributed by atoms with van der Waals surface area (Å²) in [5.41, 5.74) is 5.48. The molecule has 148 valence electrons. The third kappa shape index (κ3) is 4.27. The van der Waals surface area contributed by atoms with Gasteiger partial charge >= 0.3 is 5.97 Å². The number of aliphatic hydroxyl groups is 1. The van der Waals surface area contributed by atoms with Crippen molar-refractivity contribution in [3.63, 3.8) is 0 Å². The summed E-state index contributed by atoms with van der Waals surface area (Å²) in [5.74, 6) is 0.687. The minimum Gasteiger partial charge on any atom is -0.511 e. The number of carbonyl (C=O) groups excluding carboxylic acids is 1. The van der Waals surface area contributed by atoms with Crippen molar-refractivity contribution in [2.24, 2.45) is 5.92 Å². The molecule has 0 saturated heterocycles. The third-order valence-corrected chi connectivity index (χ3v) is 6.76. The maximum Gasteiger partial charge on any atom is 0.342 e. The first-order valence-electron chi connectivity index (χ1n) is 9.67. The second kappa shape index (κ2) is 8.44. The fourth-order valence-corrected chi connectivity index (χ4v) is 4.96. The summed E-state index contributed by atoms with van der Waals surface area (Å²) in [7, 11) is 0. The maximum absolute atomic E-state index is 12.8. The van der Waals surface area contributed by atoms with E-state index in [1.54, 1.807) is 11.8 Å². The quantitative estimate of drug-likeness (QED) is 0.502. The minimum atomic E-state index is -0.420. The summed E-state index contributed by atoms with van der Waals surface area (Å²) in [4.78, 5) is 14.0. The average molecular weight is 397 g/mol. The molecule has 0 amide bonds. The van der Waals surface area contributed by atoms with Crippen LogP contribution in [0.5, 0.6) is 0 Å². The first-order chi connectivity index (χ1) is 13.3. The van der Waals surface area contributed by atoms with Crippen LogP contribution >= 0.6 is 11.8 Å². The Morgan fingerprint density at radius 3 is 2.36 bits per heavy atom. The highest BCUT2D eigenvalue weighted by molar-refractivity contribution is 7.99. The van der Waals surface area contributed by atoms with E-state index in [1.165, 1.54) is 10.5 Å². The predicted octanol–water partition coefficient (Wildman–Crippen LogP) is 5.93. The zero-order valence-electron chi connectivity index (χ0n) is 17.2. The van der Waals surface area contributed by atoms with Gasteiger partial charge in [0, 0.05) is 23.0 Å². The number of carbonyl (C=O) groups is 1. The van der Waals surface area contributed by atoms with E-state index in [-0.39, 0.29) is 17.8 Å². The molecule has 0 aliphatic carbocycles. The second-order valence-electron chi connectivity index (χ2n) is 7.80. The van der Waals surface area contributed by atoms with Gasteiger partial charge in [-0.2, -0.15) is 0 Å². The molecule has 0 fully saturated rings. The van der Waals surface area contributed by atoms with Gasteiger partial charge in [-0.15, -0.1) is 11.8 Å². The van der Waals surface area contributed by atoms with Crippen LogP contribution in [-0.2, 0) is 9.53 Å². The molecule has 1 heterocycles. The van der Waals surface area contributed by atoms with Crippen LogP contribution in [0.4, 0.5) is 0 Å². The number of hydrogen-bond acceptors (Lipinski definition) is 4. The van der Waals surface area contributed by atoms with Crippen molar-refractivity contribution in [3.05, 3.63) is 70.0 Å². The lowest BCUT2D eigenvalue weighted by atomic mass is 9.89. The smallest absolute Gasteiger partial charge is 0.342 e. The zero-order valence-corrected chi connectivity index (χ0v) is 18.0. The molecule has 4 heteroatoms. The van der Waals surface area contributed by atoms with Crippen LogP contribution in [0.15, 0.2) is 47.1 Å². The highest BCUT2D eigenvalue weighted by Crippen LogP contribution is 2.35. The van der Waals surface area contributed by atoms with Crippen molar-refractivity contribution < 1.29 is 14.6 Å². The largest absolute Gasteiger partial charge is 0.511 e. The Labute approximate surface area is 171 Å². The van der Waals surface area contributed by atoms with Crippen LogP contribution in [-0.4, -0.2) is 22.9 Å². The third-order valence-electron chi connectivity index (χ3n) is 5.30. The maximum atomic E-state index is 12.8. The highest BCUT2D eigenvalue weighted by atomic mass is 32.2. The topological polar surface area (TPSA) is 46.5 Å². The van der Waals surface area contributed by atoms with Gasteiger partial charge in [-0.1, -0.05) is 42.8 Å².